The molecule has 18 heavy (non-hydrogen) atoms. The Balaban J connectivity index is 2.11. The minimum atomic E-state index is 0.395. The average Bonchev–Trinajstić information content (AvgIpc) is 2.38. The molecule has 1 aromatic carbocycles. The first-order chi connectivity index (χ1) is 8.75. The highest BCUT2D eigenvalue weighted by atomic mass is 15.2. The summed E-state index contributed by atoms with van der Waals surface area (Å²) >= 11 is 0. The molecule has 92 valence electrons. The molecule has 0 aliphatic carbocycles. The molecule has 3 rings (SSSR count). The van der Waals surface area contributed by atoms with E-state index < -0.39 is 0 Å². The minimum absolute atomic E-state index is 0.395. The molecule has 0 radical (unpaired) electrons. The quantitative estimate of drug-likeness (QED) is 0.827. The zero-order chi connectivity index (χ0) is 12.5. The van der Waals surface area contributed by atoms with Crippen molar-refractivity contribution in [1.29, 1.82) is 0 Å². The topological polar surface area (TPSA) is 28.2 Å². The molecule has 1 aliphatic rings. The number of anilines is 3. The van der Waals surface area contributed by atoms with Gasteiger partial charge in [-0.3, -0.25) is 0 Å². The molecule has 1 N–H and O–H groups in total. The monoisotopic (exact) mass is 239 g/mol. The summed E-state index contributed by atoms with van der Waals surface area (Å²) in [6.45, 7) is 5.30. The molecule has 0 fully saturated rings. The fraction of sp³-hybridized carbons (Fsp3) is 0.267. The van der Waals surface area contributed by atoms with Crippen LogP contribution in [0, 0.1) is 6.92 Å². The Hall–Kier alpha value is -2.03. The van der Waals surface area contributed by atoms with Gasteiger partial charge in [0.25, 0.3) is 0 Å². The molecule has 1 aliphatic heterocycles. The van der Waals surface area contributed by atoms with E-state index in [2.05, 4.69) is 59.4 Å². The molecule has 1 atom stereocenters. The number of hydrogen-bond acceptors (Lipinski definition) is 3. The molecule has 3 nitrogen and oxygen atoms in total. The van der Waals surface area contributed by atoms with Gasteiger partial charge in [-0.05, 0) is 37.6 Å². The van der Waals surface area contributed by atoms with Gasteiger partial charge in [0.05, 0.1) is 5.69 Å². The van der Waals surface area contributed by atoms with E-state index in [-0.39, 0.29) is 0 Å². The average molecular weight is 239 g/mol. The lowest BCUT2D eigenvalue weighted by Gasteiger charge is -2.35. The zero-order valence-electron chi connectivity index (χ0n) is 10.7. The summed E-state index contributed by atoms with van der Waals surface area (Å²) in [4.78, 5) is 6.77. The first-order valence-electron chi connectivity index (χ1n) is 6.30. The maximum absolute atomic E-state index is 4.42. The first-order valence-corrected chi connectivity index (χ1v) is 6.30. The molecule has 0 saturated carbocycles. The lowest BCUT2D eigenvalue weighted by molar-refractivity contribution is 0.749. The molecular weight excluding hydrogens is 222 g/mol. The Morgan fingerprint density at radius 1 is 1.17 bits per heavy atom. The SMILES string of the molecule is Cc1ccccc1N1CC(C)Nc2ncccc21. The van der Waals surface area contributed by atoms with Crippen LogP contribution < -0.4 is 10.2 Å². The van der Waals surface area contributed by atoms with Gasteiger partial charge in [-0.25, -0.2) is 4.98 Å². The van der Waals surface area contributed by atoms with Gasteiger partial charge in [0.1, 0.15) is 5.82 Å². The minimum Gasteiger partial charge on any atom is -0.364 e. The molecule has 2 aromatic rings. The Morgan fingerprint density at radius 2 is 1.94 bits per heavy atom. The van der Waals surface area contributed by atoms with E-state index in [1.807, 2.05) is 12.3 Å². The lowest BCUT2D eigenvalue weighted by Crippen LogP contribution is -2.37. The highest BCUT2D eigenvalue weighted by molar-refractivity contribution is 5.77. The van der Waals surface area contributed by atoms with E-state index in [1.54, 1.807) is 0 Å². The van der Waals surface area contributed by atoms with Crippen LogP contribution in [0.3, 0.4) is 0 Å². The van der Waals surface area contributed by atoms with Crippen LogP contribution in [0.2, 0.25) is 0 Å². The van der Waals surface area contributed by atoms with E-state index in [9.17, 15) is 0 Å². The summed E-state index contributed by atoms with van der Waals surface area (Å²) < 4.78 is 0. The summed E-state index contributed by atoms with van der Waals surface area (Å²) in [5, 5.41) is 3.43. The van der Waals surface area contributed by atoms with Crippen molar-refractivity contribution in [2.75, 3.05) is 16.8 Å². The highest BCUT2D eigenvalue weighted by Gasteiger charge is 2.23. The van der Waals surface area contributed by atoms with Crippen LogP contribution in [0.4, 0.5) is 17.2 Å². The maximum Gasteiger partial charge on any atom is 0.150 e. The molecule has 0 amide bonds. The molecule has 2 heterocycles. The summed E-state index contributed by atoms with van der Waals surface area (Å²) in [5.74, 6) is 0.972. The predicted octanol–water partition coefficient (Wildman–Crippen LogP) is 3.34. The summed E-state index contributed by atoms with van der Waals surface area (Å²) in [6, 6.07) is 13.0. The summed E-state index contributed by atoms with van der Waals surface area (Å²) in [5.41, 5.74) is 3.71. The van der Waals surface area contributed by atoms with Crippen molar-refractivity contribution < 1.29 is 0 Å². The van der Waals surface area contributed by atoms with Gasteiger partial charge in [-0.2, -0.15) is 0 Å². The van der Waals surface area contributed by atoms with Crippen molar-refractivity contribution in [3.05, 3.63) is 48.2 Å². The Bertz CT molecular complexity index is 565. The van der Waals surface area contributed by atoms with E-state index >= 15 is 0 Å². The van der Waals surface area contributed by atoms with Gasteiger partial charge in [0, 0.05) is 24.5 Å². The smallest absolute Gasteiger partial charge is 0.150 e. The lowest BCUT2D eigenvalue weighted by atomic mass is 10.1. The van der Waals surface area contributed by atoms with Crippen molar-refractivity contribution in [2.45, 2.75) is 19.9 Å². The second-order valence-corrected chi connectivity index (χ2v) is 4.81. The van der Waals surface area contributed by atoms with Crippen LogP contribution in [0.1, 0.15) is 12.5 Å². The number of pyridine rings is 1. The normalized spacial score (nSPS) is 18.1. The highest BCUT2D eigenvalue weighted by Crippen LogP contribution is 2.35. The number of hydrogen-bond donors (Lipinski definition) is 1. The number of benzene rings is 1. The second kappa shape index (κ2) is 4.33. The molecular formula is C15H17N3. The van der Waals surface area contributed by atoms with Crippen molar-refractivity contribution in [3.8, 4) is 0 Å². The molecule has 3 heteroatoms. The van der Waals surface area contributed by atoms with E-state index in [4.69, 9.17) is 0 Å². The number of para-hydroxylation sites is 1. The van der Waals surface area contributed by atoms with Gasteiger partial charge in [0.2, 0.25) is 0 Å². The van der Waals surface area contributed by atoms with E-state index in [0.717, 1.165) is 18.1 Å². The standard InChI is InChI=1S/C15H17N3/c1-11-6-3-4-7-13(11)18-10-12(2)17-15-14(18)8-5-9-16-15/h3-9,12H,10H2,1-2H3,(H,16,17). The van der Waals surface area contributed by atoms with Crippen LogP contribution >= 0.6 is 0 Å². The summed E-state index contributed by atoms with van der Waals surface area (Å²) in [6.07, 6.45) is 1.83. The molecule has 1 aromatic heterocycles. The number of nitrogens with zero attached hydrogens (tertiary/aromatic N) is 2. The molecule has 0 bridgehead atoms. The van der Waals surface area contributed by atoms with Crippen LogP contribution in [0.25, 0.3) is 0 Å². The van der Waals surface area contributed by atoms with Crippen molar-refractivity contribution in [3.63, 3.8) is 0 Å². The van der Waals surface area contributed by atoms with Crippen molar-refractivity contribution in [2.24, 2.45) is 0 Å². The number of rotatable bonds is 1. The molecule has 0 spiro atoms. The second-order valence-electron chi connectivity index (χ2n) is 4.81. The predicted molar refractivity (Wildman–Crippen MR) is 75.5 cm³/mol. The third kappa shape index (κ3) is 1.82. The Kier molecular flexibility index (Phi) is 2.67. The van der Waals surface area contributed by atoms with Gasteiger partial charge < -0.3 is 10.2 Å². The van der Waals surface area contributed by atoms with E-state index in [0.29, 0.717) is 6.04 Å². The van der Waals surface area contributed by atoms with Crippen molar-refractivity contribution >= 4 is 17.2 Å². The van der Waals surface area contributed by atoms with Gasteiger partial charge in [0.15, 0.2) is 0 Å². The molecule has 1 unspecified atom stereocenters. The Labute approximate surface area is 107 Å². The Morgan fingerprint density at radius 3 is 2.78 bits per heavy atom. The fourth-order valence-corrected chi connectivity index (χ4v) is 2.47. The van der Waals surface area contributed by atoms with Crippen molar-refractivity contribution in [1.82, 2.24) is 4.98 Å². The van der Waals surface area contributed by atoms with Gasteiger partial charge in [-0.15, -0.1) is 0 Å². The van der Waals surface area contributed by atoms with E-state index in [1.165, 1.54) is 11.3 Å². The van der Waals surface area contributed by atoms with Crippen LogP contribution in [-0.4, -0.2) is 17.6 Å². The van der Waals surface area contributed by atoms with Gasteiger partial charge in [-0.1, -0.05) is 18.2 Å². The number of aromatic nitrogens is 1. The first kappa shape index (κ1) is 11.1. The van der Waals surface area contributed by atoms with Crippen LogP contribution in [0.15, 0.2) is 42.6 Å². The number of nitrogens with one attached hydrogen (secondary N) is 1. The zero-order valence-corrected chi connectivity index (χ0v) is 10.7. The maximum atomic E-state index is 4.42. The van der Waals surface area contributed by atoms with Crippen LogP contribution in [-0.2, 0) is 0 Å². The fourth-order valence-electron chi connectivity index (χ4n) is 2.47. The number of aryl methyl sites for hydroxylation is 1. The van der Waals surface area contributed by atoms with Crippen LogP contribution in [0.5, 0.6) is 0 Å². The van der Waals surface area contributed by atoms with Gasteiger partial charge >= 0.3 is 0 Å². The summed E-state index contributed by atoms with van der Waals surface area (Å²) in [7, 11) is 0. The third-order valence-corrected chi connectivity index (χ3v) is 3.32. The largest absolute Gasteiger partial charge is 0.364 e. The molecule has 0 saturated heterocycles. The third-order valence-electron chi connectivity index (χ3n) is 3.32. The number of fused-ring (bicyclic) bond motifs is 1.